The highest BCUT2D eigenvalue weighted by Gasteiger charge is 2.13. The second-order valence-electron chi connectivity index (χ2n) is 6.19. The van der Waals surface area contributed by atoms with E-state index in [0.717, 1.165) is 19.0 Å². The summed E-state index contributed by atoms with van der Waals surface area (Å²) in [6.07, 6.45) is 4.16. The summed E-state index contributed by atoms with van der Waals surface area (Å²) < 4.78 is 0. The molecule has 1 atom stereocenters. The number of nitrogens with zero attached hydrogens (tertiary/aromatic N) is 2. The number of hydrogen-bond acceptors (Lipinski definition) is 2. The van der Waals surface area contributed by atoms with Crippen LogP contribution in [0.1, 0.15) is 40.0 Å². The van der Waals surface area contributed by atoms with Crippen molar-refractivity contribution in [3.63, 3.8) is 0 Å². The Balaban J connectivity index is 0.00000361. The standard InChI is InChI=1S/C15H32N4.HI/c1-13(2)10-17-15(16-4)18-11-14(3)12-19-8-6-5-7-9-19;/h13-14H,5-12H2,1-4H3,(H2,16,17,18);1H. The van der Waals surface area contributed by atoms with Gasteiger partial charge < -0.3 is 15.5 Å². The van der Waals surface area contributed by atoms with Crippen LogP contribution < -0.4 is 10.6 Å². The highest BCUT2D eigenvalue weighted by Crippen LogP contribution is 2.10. The van der Waals surface area contributed by atoms with E-state index in [0.29, 0.717) is 11.8 Å². The van der Waals surface area contributed by atoms with Gasteiger partial charge in [0.1, 0.15) is 0 Å². The molecule has 2 N–H and O–H groups in total. The van der Waals surface area contributed by atoms with E-state index in [4.69, 9.17) is 0 Å². The van der Waals surface area contributed by atoms with E-state index in [9.17, 15) is 0 Å². The number of hydrogen-bond donors (Lipinski definition) is 2. The van der Waals surface area contributed by atoms with Crippen molar-refractivity contribution in [3.8, 4) is 0 Å². The Labute approximate surface area is 142 Å². The molecule has 0 bridgehead atoms. The first-order chi connectivity index (χ1) is 9.11. The van der Waals surface area contributed by atoms with Crippen molar-refractivity contribution < 1.29 is 0 Å². The van der Waals surface area contributed by atoms with Gasteiger partial charge in [0.05, 0.1) is 0 Å². The van der Waals surface area contributed by atoms with Crippen LogP contribution in [0.4, 0.5) is 0 Å². The monoisotopic (exact) mass is 396 g/mol. The lowest BCUT2D eigenvalue weighted by atomic mass is 10.1. The molecule has 1 rings (SSSR count). The van der Waals surface area contributed by atoms with E-state index in [-0.39, 0.29) is 24.0 Å². The van der Waals surface area contributed by atoms with Crippen LogP contribution in [-0.4, -0.2) is 50.6 Å². The van der Waals surface area contributed by atoms with E-state index in [1.54, 1.807) is 0 Å². The lowest BCUT2D eigenvalue weighted by molar-refractivity contribution is 0.201. The van der Waals surface area contributed by atoms with Crippen LogP contribution in [0.2, 0.25) is 0 Å². The highest BCUT2D eigenvalue weighted by molar-refractivity contribution is 14.0. The quantitative estimate of drug-likeness (QED) is 0.412. The number of likely N-dealkylation sites (tertiary alicyclic amines) is 1. The Kier molecular flexibility index (Phi) is 11.6. The average Bonchev–Trinajstić information content (AvgIpc) is 2.39. The fraction of sp³-hybridized carbons (Fsp3) is 0.933. The topological polar surface area (TPSA) is 39.7 Å². The fourth-order valence-corrected chi connectivity index (χ4v) is 2.44. The summed E-state index contributed by atoms with van der Waals surface area (Å²) in [5.41, 5.74) is 0. The molecule has 1 saturated heterocycles. The summed E-state index contributed by atoms with van der Waals surface area (Å²) in [7, 11) is 1.84. The molecule has 1 aliphatic heterocycles. The second-order valence-corrected chi connectivity index (χ2v) is 6.19. The van der Waals surface area contributed by atoms with Gasteiger partial charge in [-0.25, -0.2) is 0 Å². The minimum atomic E-state index is 0. The van der Waals surface area contributed by atoms with Gasteiger partial charge in [-0.1, -0.05) is 27.2 Å². The predicted molar refractivity (Wildman–Crippen MR) is 99.1 cm³/mol. The van der Waals surface area contributed by atoms with Gasteiger partial charge >= 0.3 is 0 Å². The Morgan fingerprint density at radius 3 is 2.20 bits per heavy atom. The second kappa shape index (κ2) is 11.6. The summed E-state index contributed by atoms with van der Waals surface area (Å²) in [6, 6.07) is 0. The van der Waals surface area contributed by atoms with Gasteiger partial charge in [0, 0.05) is 26.7 Å². The van der Waals surface area contributed by atoms with Gasteiger partial charge in [0.25, 0.3) is 0 Å². The molecule has 0 radical (unpaired) electrons. The van der Waals surface area contributed by atoms with Crippen LogP contribution in [-0.2, 0) is 0 Å². The smallest absolute Gasteiger partial charge is 0.190 e. The summed E-state index contributed by atoms with van der Waals surface area (Å²) >= 11 is 0. The van der Waals surface area contributed by atoms with E-state index in [2.05, 4.69) is 41.3 Å². The third-order valence-electron chi connectivity index (χ3n) is 3.54. The maximum absolute atomic E-state index is 4.26. The van der Waals surface area contributed by atoms with Crippen molar-refractivity contribution >= 4 is 29.9 Å². The van der Waals surface area contributed by atoms with Crippen molar-refractivity contribution in [1.29, 1.82) is 0 Å². The molecule has 20 heavy (non-hydrogen) atoms. The Hall–Kier alpha value is -0.0400. The first-order valence-corrected chi connectivity index (χ1v) is 7.78. The largest absolute Gasteiger partial charge is 0.356 e. The number of rotatable bonds is 6. The van der Waals surface area contributed by atoms with Crippen LogP contribution in [0.3, 0.4) is 0 Å². The number of halogens is 1. The number of piperidine rings is 1. The molecule has 0 amide bonds. The van der Waals surface area contributed by atoms with Gasteiger partial charge in [-0.05, 0) is 37.8 Å². The number of aliphatic imine (C=N–C) groups is 1. The van der Waals surface area contributed by atoms with Gasteiger partial charge in [0.2, 0.25) is 0 Å². The molecule has 0 saturated carbocycles. The molecular formula is C15H33IN4. The van der Waals surface area contributed by atoms with E-state index in [1.165, 1.54) is 38.9 Å². The maximum Gasteiger partial charge on any atom is 0.190 e. The maximum atomic E-state index is 4.26. The lowest BCUT2D eigenvalue weighted by Crippen LogP contribution is -2.43. The molecule has 1 fully saturated rings. The molecule has 0 aromatic carbocycles. The van der Waals surface area contributed by atoms with Crippen LogP contribution in [0.5, 0.6) is 0 Å². The molecule has 0 aromatic heterocycles. The molecule has 4 nitrogen and oxygen atoms in total. The minimum absolute atomic E-state index is 0. The zero-order chi connectivity index (χ0) is 14.1. The van der Waals surface area contributed by atoms with Crippen LogP contribution >= 0.6 is 24.0 Å². The molecule has 120 valence electrons. The first kappa shape index (κ1) is 20.0. The molecular weight excluding hydrogens is 363 g/mol. The van der Waals surface area contributed by atoms with Gasteiger partial charge in [0.15, 0.2) is 5.96 Å². The van der Waals surface area contributed by atoms with Crippen LogP contribution in [0, 0.1) is 11.8 Å². The first-order valence-electron chi connectivity index (χ1n) is 7.78. The Morgan fingerprint density at radius 2 is 1.65 bits per heavy atom. The molecule has 0 aliphatic carbocycles. The SMILES string of the molecule is CN=C(NCC(C)C)NCC(C)CN1CCCCC1.I. The summed E-state index contributed by atoms with van der Waals surface area (Å²) in [5, 5.41) is 6.78. The molecule has 5 heteroatoms. The number of nitrogens with one attached hydrogen (secondary N) is 2. The van der Waals surface area contributed by atoms with Crippen LogP contribution in [0.15, 0.2) is 4.99 Å². The number of guanidine groups is 1. The van der Waals surface area contributed by atoms with Crippen molar-refractivity contribution in [2.45, 2.75) is 40.0 Å². The third-order valence-corrected chi connectivity index (χ3v) is 3.54. The van der Waals surface area contributed by atoms with E-state index in [1.807, 2.05) is 7.05 Å². The molecule has 1 aliphatic rings. The summed E-state index contributed by atoms with van der Waals surface area (Å²) in [5.74, 6) is 2.24. The molecule has 1 heterocycles. The van der Waals surface area contributed by atoms with Crippen molar-refractivity contribution in [3.05, 3.63) is 0 Å². The van der Waals surface area contributed by atoms with Gasteiger partial charge in [-0.3, -0.25) is 4.99 Å². The average molecular weight is 396 g/mol. The molecule has 0 spiro atoms. The highest BCUT2D eigenvalue weighted by atomic mass is 127. The molecule has 1 unspecified atom stereocenters. The zero-order valence-corrected chi connectivity index (χ0v) is 15.9. The van der Waals surface area contributed by atoms with Crippen molar-refractivity contribution in [1.82, 2.24) is 15.5 Å². The summed E-state index contributed by atoms with van der Waals surface area (Å²) in [6.45, 7) is 12.5. The minimum Gasteiger partial charge on any atom is -0.356 e. The Bertz CT molecular complexity index is 263. The zero-order valence-electron chi connectivity index (χ0n) is 13.6. The normalized spacial score (nSPS) is 18.6. The van der Waals surface area contributed by atoms with Gasteiger partial charge in [-0.2, -0.15) is 0 Å². The third kappa shape index (κ3) is 9.00. The van der Waals surface area contributed by atoms with Crippen molar-refractivity contribution in [2.75, 3.05) is 39.8 Å². The van der Waals surface area contributed by atoms with Gasteiger partial charge in [-0.15, -0.1) is 24.0 Å². The van der Waals surface area contributed by atoms with E-state index >= 15 is 0 Å². The van der Waals surface area contributed by atoms with Crippen LogP contribution in [0.25, 0.3) is 0 Å². The van der Waals surface area contributed by atoms with Crippen molar-refractivity contribution in [2.24, 2.45) is 16.8 Å². The summed E-state index contributed by atoms with van der Waals surface area (Å²) in [4.78, 5) is 6.86. The Morgan fingerprint density at radius 1 is 1.05 bits per heavy atom. The fourth-order valence-electron chi connectivity index (χ4n) is 2.44. The lowest BCUT2D eigenvalue weighted by Gasteiger charge is -2.29. The van der Waals surface area contributed by atoms with E-state index < -0.39 is 0 Å². The molecule has 0 aromatic rings. The predicted octanol–water partition coefficient (Wildman–Crippen LogP) is 2.55.